The second-order valence-electron chi connectivity index (χ2n) is 5.26. The first-order valence-electron chi connectivity index (χ1n) is 7.25. The lowest BCUT2D eigenvalue weighted by atomic mass is 10.0. The Kier molecular flexibility index (Phi) is 4.50. The van der Waals surface area contributed by atoms with Crippen LogP contribution in [-0.2, 0) is 0 Å². The highest BCUT2D eigenvalue weighted by atomic mass is 79.9. The maximum Gasteiger partial charge on any atom is 0.266 e. The van der Waals surface area contributed by atoms with E-state index < -0.39 is 0 Å². The Balaban J connectivity index is 1.92. The highest BCUT2D eigenvalue weighted by Gasteiger charge is 2.10. The van der Waals surface area contributed by atoms with Crippen LogP contribution in [0, 0.1) is 18.3 Å². The Morgan fingerprint density at radius 1 is 1.04 bits per heavy atom. The van der Waals surface area contributed by atoms with Gasteiger partial charge in [-0.05, 0) is 55.0 Å². The highest BCUT2D eigenvalue weighted by molar-refractivity contribution is 9.10. The van der Waals surface area contributed by atoms with Crippen LogP contribution in [0.25, 0.3) is 11.1 Å². The van der Waals surface area contributed by atoms with E-state index in [1.165, 1.54) is 0 Å². The number of nitrogens with one attached hydrogen (secondary N) is 1. The van der Waals surface area contributed by atoms with Crippen molar-refractivity contribution in [1.29, 1.82) is 5.26 Å². The van der Waals surface area contributed by atoms with Crippen molar-refractivity contribution in [3.63, 3.8) is 0 Å². The summed E-state index contributed by atoms with van der Waals surface area (Å²) in [7, 11) is 0. The molecule has 0 aliphatic carbocycles. The number of ether oxygens (including phenoxy) is 1. The lowest BCUT2D eigenvalue weighted by Gasteiger charge is -2.08. The number of nitriles is 1. The summed E-state index contributed by atoms with van der Waals surface area (Å²) in [4.78, 5) is 14.5. The fourth-order valence-electron chi connectivity index (χ4n) is 2.37. The molecular formula is C19H13BrN2O2. The van der Waals surface area contributed by atoms with Gasteiger partial charge in [-0.15, -0.1) is 0 Å². The summed E-state index contributed by atoms with van der Waals surface area (Å²) < 4.78 is 6.76. The van der Waals surface area contributed by atoms with Crippen molar-refractivity contribution in [2.24, 2.45) is 0 Å². The molecule has 0 bridgehead atoms. The molecule has 4 nitrogen and oxygen atoms in total. The molecule has 0 amide bonds. The fourth-order valence-corrected chi connectivity index (χ4v) is 2.63. The van der Waals surface area contributed by atoms with Gasteiger partial charge in [0.15, 0.2) is 0 Å². The second kappa shape index (κ2) is 6.73. The van der Waals surface area contributed by atoms with Gasteiger partial charge in [0, 0.05) is 15.7 Å². The Labute approximate surface area is 147 Å². The summed E-state index contributed by atoms with van der Waals surface area (Å²) in [5.74, 6) is 1.41. The molecule has 24 heavy (non-hydrogen) atoms. The van der Waals surface area contributed by atoms with Gasteiger partial charge in [0.25, 0.3) is 5.56 Å². The van der Waals surface area contributed by atoms with E-state index in [-0.39, 0.29) is 11.1 Å². The van der Waals surface area contributed by atoms with Crippen LogP contribution < -0.4 is 10.3 Å². The quantitative estimate of drug-likeness (QED) is 0.710. The molecule has 0 unspecified atom stereocenters. The van der Waals surface area contributed by atoms with Gasteiger partial charge in [0.05, 0.1) is 0 Å². The lowest BCUT2D eigenvalue weighted by molar-refractivity contribution is 0.482. The third-order valence-electron chi connectivity index (χ3n) is 3.49. The van der Waals surface area contributed by atoms with E-state index in [0.29, 0.717) is 17.0 Å². The van der Waals surface area contributed by atoms with E-state index in [4.69, 9.17) is 4.74 Å². The molecule has 3 aromatic rings. The summed E-state index contributed by atoms with van der Waals surface area (Å²) in [6.07, 6.45) is 0. The molecule has 0 radical (unpaired) electrons. The second-order valence-corrected chi connectivity index (χ2v) is 6.18. The van der Waals surface area contributed by atoms with Crippen LogP contribution in [0.15, 0.2) is 63.9 Å². The molecule has 0 aliphatic heterocycles. The minimum atomic E-state index is -0.373. The molecule has 0 spiro atoms. The van der Waals surface area contributed by atoms with Crippen molar-refractivity contribution in [2.75, 3.05) is 0 Å². The minimum absolute atomic E-state index is 0.113. The Morgan fingerprint density at radius 2 is 1.62 bits per heavy atom. The molecule has 2 aromatic carbocycles. The zero-order chi connectivity index (χ0) is 17.1. The van der Waals surface area contributed by atoms with Crippen LogP contribution in [0.2, 0.25) is 0 Å². The SMILES string of the molecule is Cc1cc(-c2ccc(Oc3ccc(Br)cc3)cc2)c(C#N)c(=O)[nH]1. The number of rotatable bonds is 3. The topological polar surface area (TPSA) is 65.9 Å². The summed E-state index contributed by atoms with van der Waals surface area (Å²) in [5, 5.41) is 9.22. The van der Waals surface area contributed by atoms with Gasteiger partial charge in [-0.3, -0.25) is 4.79 Å². The van der Waals surface area contributed by atoms with Crippen LogP contribution in [-0.4, -0.2) is 4.98 Å². The largest absolute Gasteiger partial charge is 0.457 e. The van der Waals surface area contributed by atoms with Crippen molar-refractivity contribution >= 4 is 15.9 Å². The summed E-state index contributed by atoms with van der Waals surface area (Å²) >= 11 is 3.38. The van der Waals surface area contributed by atoms with Crippen LogP contribution in [0.1, 0.15) is 11.3 Å². The molecule has 5 heteroatoms. The maximum absolute atomic E-state index is 11.9. The van der Waals surface area contributed by atoms with Crippen molar-refractivity contribution in [2.45, 2.75) is 6.92 Å². The first-order chi connectivity index (χ1) is 11.6. The number of aromatic nitrogens is 1. The van der Waals surface area contributed by atoms with Gasteiger partial charge in [0.2, 0.25) is 0 Å². The standard InChI is InChI=1S/C19H13BrN2O2/c1-12-10-17(18(11-21)19(23)22-12)13-2-6-15(7-3-13)24-16-8-4-14(20)5-9-16/h2-10H,1H3,(H,22,23). The highest BCUT2D eigenvalue weighted by Crippen LogP contribution is 2.27. The van der Waals surface area contributed by atoms with Crippen LogP contribution >= 0.6 is 15.9 Å². The zero-order valence-electron chi connectivity index (χ0n) is 12.8. The minimum Gasteiger partial charge on any atom is -0.457 e. The number of halogens is 1. The van der Waals surface area contributed by atoms with Gasteiger partial charge in [-0.1, -0.05) is 28.1 Å². The van der Waals surface area contributed by atoms with E-state index in [9.17, 15) is 10.1 Å². The molecule has 0 fully saturated rings. The number of benzene rings is 2. The van der Waals surface area contributed by atoms with Crippen LogP contribution in [0.4, 0.5) is 0 Å². The zero-order valence-corrected chi connectivity index (χ0v) is 14.4. The smallest absolute Gasteiger partial charge is 0.266 e. The van der Waals surface area contributed by atoms with Gasteiger partial charge < -0.3 is 9.72 Å². The molecule has 1 N–H and O–H groups in total. The molecule has 0 saturated carbocycles. The van der Waals surface area contributed by atoms with Crippen LogP contribution in [0.3, 0.4) is 0 Å². The van der Waals surface area contributed by atoms with Gasteiger partial charge >= 0.3 is 0 Å². The molecule has 3 rings (SSSR count). The number of pyridine rings is 1. The van der Waals surface area contributed by atoms with E-state index in [1.54, 1.807) is 13.0 Å². The number of hydrogen-bond donors (Lipinski definition) is 1. The monoisotopic (exact) mass is 380 g/mol. The lowest BCUT2D eigenvalue weighted by Crippen LogP contribution is -2.12. The van der Waals surface area contributed by atoms with E-state index in [1.807, 2.05) is 54.6 Å². The van der Waals surface area contributed by atoms with Crippen molar-refractivity contribution in [3.8, 4) is 28.7 Å². The summed E-state index contributed by atoms with van der Waals surface area (Å²) in [6, 6.07) is 18.6. The third-order valence-corrected chi connectivity index (χ3v) is 4.02. The van der Waals surface area contributed by atoms with Crippen LogP contribution in [0.5, 0.6) is 11.5 Å². The van der Waals surface area contributed by atoms with Crippen molar-refractivity contribution in [1.82, 2.24) is 4.98 Å². The van der Waals surface area contributed by atoms with Gasteiger partial charge in [0.1, 0.15) is 23.1 Å². The number of aryl methyl sites for hydroxylation is 1. The van der Waals surface area contributed by atoms with E-state index >= 15 is 0 Å². The van der Waals surface area contributed by atoms with E-state index in [2.05, 4.69) is 20.9 Å². The molecule has 1 aromatic heterocycles. The first kappa shape index (κ1) is 16.0. The molecular weight excluding hydrogens is 368 g/mol. The predicted octanol–water partition coefficient (Wildman–Crippen LogP) is 4.78. The average molecular weight is 381 g/mol. The fraction of sp³-hybridized carbons (Fsp3) is 0.0526. The average Bonchev–Trinajstić information content (AvgIpc) is 2.57. The van der Waals surface area contributed by atoms with E-state index in [0.717, 1.165) is 15.8 Å². The summed E-state index contributed by atoms with van der Waals surface area (Å²) in [5.41, 5.74) is 1.87. The Hall–Kier alpha value is -2.84. The van der Waals surface area contributed by atoms with Gasteiger partial charge in [-0.2, -0.15) is 5.26 Å². The number of H-pyrrole nitrogens is 1. The molecule has 1 heterocycles. The van der Waals surface area contributed by atoms with Gasteiger partial charge in [-0.25, -0.2) is 0 Å². The first-order valence-corrected chi connectivity index (χ1v) is 8.04. The number of hydrogen-bond acceptors (Lipinski definition) is 3. The maximum atomic E-state index is 11.9. The Bertz CT molecular complexity index is 968. The number of aromatic amines is 1. The third kappa shape index (κ3) is 3.39. The predicted molar refractivity (Wildman–Crippen MR) is 96.2 cm³/mol. The molecule has 0 aliphatic rings. The Morgan fingerprint density at radius 3 is 2.21 bits per heavy atom. The molecule has 118 valence electrons. The summed E-state index contributed by atoms with van der Waals surface area (Å²) in [6.45, 7) is 1.79. The number of nitrogens with zero attached hydrogens (tertiary/aromatic N) is 1. The normalized spacial score (nSPS) is 10.2. The molecule has 0 saturated heterocycles. The van der Waals surface area contributed by atoms with Crippen molar-refractivity contribution < 1.29 is 4.74 Å². The molecule has 0 atom stereocenters. The van der Waals surface area contributed by atoms with Crippen molar-refractivity contribution in [3.05, 3.63) is 80.7 Å².